The largest absolute Gasteiger partial charge is 0.455 e. The quantitative estimate of drug-likeness (QED) is 0.828. The van der Waals surface area contributed by atoms with Crippen LogP contribution < -0.4 is 11.1 Å². The van der Waals surface area contributed by atoms with Crippen LogP contribution >= 0.6 is 0 Å². The van der Waals surface area contributed by atoms with Crippen LogP contribution in [0.5, 0.6) is 0 Å². The summed E-state index contributed by atoms with van der Waals surface area (Å²) < 4.78 is 46.8. The van der Waals surface area contributed by atoms with E-state index in [4.69, 9.17) is 10.2 Å². The summed E-state index contributed by atoms with van der Waals surface area (Å²) in [5, 5.41) is 3.13. The lowest BCUT2D eigenvalue weighted by Gasteiger charge is -2.31. The van der Waals surface area contributed by atoms with E-state index in [1.54, 1.807) is 17.0 Å². The lowest BCUT2D eigenvalue weighted by Crippen LogP contribution is -2.38. The van der Waals surface area contributed by atoms with Crippen LogP contribution in [-0.2, 0) is 25.8 Å². The van der Waals surface area contributed by atoms with Crippen molar-refractivity contribution >= 4 is 5.91 Å². The van der Waals surface area contributed by atoms with Gasteiger partial charge in [0, 0.05) is 38.6 Å². The van der Waals surface area contributed by atoms with Gasteiger partial charge >= 0.3 is 6.18 Å². The third-order valence-electron chi connectivity index (χ3n) is 5.40. The fourth-order valence-corrected chi connectivity index (χ4v) is 3.99. The molecule has 2 aliphatic rings. The van der Waals surface area contributed by atoms with E-state index in [2.05, 4.69) is 10.3 Å². The van der Waals surface area contributed by atoms with Crippen LogP contribution in [0.15, 0.2) is 16.5 Å². The summed E-state index contributed by atoms with van der Waals surface area (Å²) >= 11 is 0. The van der Waals surface area contributed by atoms with Gasteiger partial charge in [0.15, 0.2) is 5.76 Å². The first-order valence-electron chi connectivity index (χ1n) is 9.33. The minimum absolute atomic E-state index is 0.0995. The molecule has 0 atom stereocenters. The molecule has 1 saturated heterocycles. The number of halogens is 3. The first kappa shape index (κ1) is 19.0. The number of hydrogen-bond donors (Lipinski definition) is 2. The molecule has 4 heterocycles. The summed E-state index contributed by atoms with van der Waals surface area (Å²) in [6, 6.07) is 3.27. The average Bonchev–Trinajstić information content (AvgIpc) is 3.32. The SMILES string of the molecule is NCc1ccc(C(=O)N2CCC(c3nc(C(F)(F)F)n4c3CNCC4)CC2)o1. The fraction of sp³-hybridized carbons (Fsp3) is 0.556. The van der Waals surface area contributed by atoms with Gasteiger partial charge in [0.2, 0.25) is 5.82 Å². The molecule has 0 saturated carbocycles. The van der Waals surface area contributed by atoms with E-state index in [1.165, 1.54) is 4.57 Å². The van der Waals surface area contributed by atoms with Gasteiger partial charge in [-0.05, 0) is 25.0 Å². The fourth-order valence-electron chi connectivity index (χ4n) is 3.99. The summed E-state index contributed by atoms with van der Waals surface area (Å²) in [6.07, 6.45) is -3.34. The molecule has 4 rings (SSSR count). The number of nitrogens with two attached hydrogens (primary N) is 1. The molecule has 7 nitrogen and oxygen atoms in total. The first-order chi connectivity index (χ1) is 13.4. The van der Waals surface area contributed by atoms with Gasteiger partial charge < -0.3 is 24.9 Å². The minimum Gasteiger partial charge on any atom is -0.455 e. The highest BCUT2D eigenvalue weighted by Crippen LogP contribution is 2.36. The maximum absolute atomic E-state index is 13.4. The van der Waals surface area contributed by atoms with Crippen molar-refractivity contribution in [3.63, 3.8) is 0 Å². The maximum atomic E-state index is 13.4. The third-order valence-corrected chi connectivity index (χ3v) is 5.40. The van der Waals surface area contributed by atoms with Gasteiger partial charge in [-0.3, -0.25) is 4.79 Å². The highest BCUT2D eigenvalue weighted by molar-refractivity contribution is 5.91. The van der Waals surface area contributed by atoms with Gasteiger partial charge in [-0.15, -0.1) is 0 Å². The Morgan fingerprint density at radius 3 is 2.68 bits per heavy atom. The molecular formula is C18H22F3N5O2. The molecule has 0 spiro atoms. The normalized spacial score (nSPS) is 18.4. The summed E-state index contributed by atoms with van der Waals surface area (Å²) in [6.45, 7) is 2.25. The zero-order chi connectivity index (χ0) is 19.9. The Kier molecular flexibility index (Phi) is 4.92. The first-order valence-corrected chi connectivity index (χ1v) is 9.33. The number of alkyl halides is 3. The number of aromatic nitrogens is 2. The van der Waals surface area contributed by atoms with Crippen molar-refractivity contribution in [3.05, 3.63) is 40.9 Å². The molecule has 0 radical (unpaired) electrons. The molecule has 0 bridgehead atoms. The van der Waals surface area contributed by atoms with Crippen molar-refractivity contribution in [2.24, 2.45) is 5.73 Å². The zero-order valence-corrected chi connectivity index (χ0v) is 15.3. The van der Waals surface area contributed by atoms with Crippen LogP contribution in [0.25, 0.3) is 0 Å². The number of carbonyl (C=O) groups excluding carboxylic acids is 1. The van der Waals surface area contributed by atoms with E-state index < -0.39 is 12.0 Å². The number of nitrogens with zero attached hydrogens (tertiary/aromatic N) is 3. The highest BCUT2D eigenvalue weighted by atomic mass is 19.4. The predicted octanol–water partition coefficient (Wildman–Crippen LogP) is 2.08. The number of amides is 1. The van der Waals surface area contributed by atoms with Gasteiger partial charge in [0.25, 0.3) is 5.91 Å². The van der Waals surface area contributed by atoms with Gasteiger partial charge in [-0.1, -0.05) is 0 Å². The van der Waals surface area contributed by atoms with Crippen LogP contribution in [-0.4, -0.2) is 40.0 Å². The second-order valence-corrected chi connectivity index (χ2v) is 7.13. The lowest BCUT2D eigenvalue weighted by atomic mass is 9.92. The number of likely N-dealkylation sites (tertiary alicyclic amines) is 1. The summed E-state index contributed by atoms with van der Waals surface area (Å²) in [7, 11) is 0. The Balaban J connectivity index is 1.49. The molecule has 10 heteroatoms. The molecule has 2 aromatic rings. The molecule has 2 aromatic heterocycles. The topological polar surface area (TPSA) is 89.3 Å². The molecule has 0 aliphatic carbocycles. The van der Waals surface area contributed by atoms with Crippen LogP contribution in [0.3, 0.4) is 0 Å². The molecule has 0 aromatic carbocycles. The van der Waals surface area contributed by atoms with Crippen LogP contribution in [0.2, 0.25) is 0 Å². The van der Waals surface area contributed by atoms with Crippen molar-refractivity contribution in [3.8, 4) is 0 Å². The number of imidazole rings is 1. The molecule has 152 valence electrons. The second kappa shape index (κ2) is 7.25. The number of carbonyl (C=O) groups is 1. The van der Waals surface area contributed by atoms with Crippen molar-refractivity contribution < 1.29 is 22.4 Å². The van der Waals surface area contributed by atoms with Crippen molar-refractivity contribution in [1.29, 1.82) is 0 Å². The van der Waals surface area contributed by atoms with E-state index in [9.17, 15) is 18.0 Å². The molecule has 3 N–H and O–H groups in total. The van der Waals surface area contributed by atoms with E-state index in [0.717, 1.165) is 0 Å². The van der Waals surface area contributed by atoms with Crippen molar-refractivity contribution in [2.45, 2.75) is 44.6 Å². The smallest absolute Gasteiger partial charge is 0.449 e. The third kappa shape index (κ3) is 3.42. The van der Waals surface area contributed by atoms with Crippen LogP contribution in [0.1, 0.15) is 52.3 Å². The van der Waals surface area contributed by atoms with Crippen molar-refractivity contribution in [1.82, 2.24) is 19.8 Å². The van der Waals surface area contributed by atoms with Gasteiger partial charge in [-0.25, -0.2) is 4.98 Å². The Morgan fingerprint density at radius 1 is 1.29 bits per heavy atom. The number of piperidine rings is 1. The molecule has 28 heavy (non-hydrogen) atoms. The number of furan rings is 1. The van der Waals surface area contributed by atoms with Gasteiger partial charge in [0.05, 0.1) is 17.9 Å². The van der Waals surface area contributed by atoms with E-state index in [-0.39, 0.29) is 30.7 Å². The van der Waals surface area contributed by atoms with E-state index in [1.807, 2.05) is 0 Å². The van der Waals surface area contributed by atoms with Crippen LogP contribution in [0.4, 0.5) is 13.2 Å². The number of rotatable bonds is 3. The predicted molar refractivity (Wildman–Crippen MR) is 93.4 cm³/mol. The van der Waals surface area contributed by atoms with E-state index >= 15 is 0 Å². The Bertz CT molecular complexity index is 865. The zero-order valence-electron chi connectivity index (χ0n) is 15.3. The molecule has 0 unspecified atom stereocenters. The molecule has 1 amide bonds. The average molecular weight is 397 g/mol. The number of nitrogens with one attached hydrogen (secondary N) is 1. The highest BCUT2D eigenvalue weighted by Gasteiger charge is 2.41. The van der Waals surface area contributed by atoms with Crippen molar-refractivity contribution in [2.75, 3.05) is 19.6 Å². The minimum atomic E-state index is -4.47. The van der Waals surface area contributed by atoms with Crippen LogP contribution in [0, 0.1) is 0 Å². The number of fused-ring (bicyclic) bond motifs is 1. The Labute approximate surface area is 159 Å². The maximum Gasteiger partial charge on any atom is 0.449 e. The molecule has 1 fully saturated rings. The van der Waals surface area contributed by atoms with E-state index in [0.29, 0.717) is 56.2 Å². The summed E-state index contributed by atoms with van der Waals surface area (Å²) in [5.41, 5.74) is 6.62. The van der Waals surface area contributed by atoms with Gasteiger partial charge in [0.1, 0.15) is 5.76 Å². The summed E-state index contributed by atoms with van der Waals surface area (Å²) in [4.78, 5) is 18.2. The second-order valence-electron chi connectivity index (χ2n) is 7.13. The molecule has 2 aliphatic heterocycles. The standard InChI is InChI=1S/C18H22F3N5O2/c19-18(20,21)17-24-15(13-10-23-5-8-26(13)17)11-3-6-25(7-4-11)16(27)14-2-1-12(9-22)28-14/h1-2,11,23H,3-10,22H2. The molecular weight excluding hydrogens is 375 g/mol. The number of hydrogen-bond acceptors (Lipinski definition) is 5. The monoisotopic (exact) mass is 397 g/mol. The lowest BCUT2D eigenvalue weighted by molar-refractivity contribution is -0.147. The Morgan fingerprint density at radius 2 is 2.04 bits per heavy atom. The van der Waals surface area contributed by atoms with Gasteiger partial charge in [-0.2, -0.15) is 13.2 Å². The summed E-state index contributed by atoms with van der Waals surface area (Å²) in [5.74, 6) is -0.362. The Hall–Kier alpha value is -2.33.